The summed E-state index contributed by atoms with van der Waals surface area (Å²) in [5.74, 6) is 0. The van der Waals surface area contributed by atoms with Crippen molar-refractivity contribution in [3.8, 4) is 0 Å². The molecule has 2 N–H and O–H groups in total. The van der Waals surface area contributed by atoms with E-state index in [0.717, 1.165) is 45.4 Å². The maximum Gasteiger partial charge on any atom is 0.0590 e. The summed E-state index contributed by atoms with van der Waals surface area (Å²) in [5, 5.41) is 2.15. The van der Waals surface area contributed by atoms with Crippen molar-refractivity contribution < 1.29 is 4.74 Å². The van der Waals surface area contributed by atoms with E-state index in [0.29, 0.717) is 6.10 Å². The summed E-state index contributed by atoms with van der Waals surface area (Å²) in [6.07, 6.45) is 4.71. The van der Waals surface area contributed by atoms with Crippen LogP contribution in [0.2, 0.25) is 0 Å². The maximum atomic E-state index is 6.11. The van der Waals surface area contributed by atoms with Gasteiger partial charge in [0.25, 0.3) is 0 Å². The Morgan fingerprint density at radius 1 is 1.58 bits per heavy atom. The van der Waals surface area contributed by atoms with Gasteiger partial charge in [-0.3, -0.25) is 4.90 Å². The molecule has 4 heteroatoms. The van der Waals surface area contributed by atoms with Gasteiger partial charge < -0.3 is 10.5 Å². The first-order valence-corrected chi connectivity index (χ1v) is 8.13. The van der Waals surface area contributed by atoms with Gasteiger partial charge in [0.2, 0.25) is 0 Å². The number of nitrogens with zero attached hydrogens (tertiary/aromatic N) is 1. The van der Waals surface area contributed by atoms with Gasteiger partial charge in [-0.1, -0.05) is 13.0 Å². The minimum absolute atomic E-state index is 0.135. The topological polar surface area (TPSA) is 38.5 Å². The first kappa shape index (κ1) is 15.0. The van der Waals surface area contributed by atoms with E-state index in [1.807, 2.05) is 11.3 Å². The molecule has 2 heterocycles. The maximum absolute atomic E-state index is 6.11. The standard InChI is InChI=1S/C15H26N2OS/c1-3-13-11-15(12-16,7-9-18-13)17(2)8-6-14-5-4-10-19-14/h4-5,10,13H,3,6-9,11-12,16H2,1-2H3. The van der Waals surface area contributed by atoms with E-state index >= 15 is 0 Å². The Morgan fingerprint density at radius 3 is 3.05 bits per heavy atom. The van der Waals surface area contributed by atoms with E-state index in [1.54, 1.807) is 0 Å². The van der Waals surface area contributed by atoms with E-state index in [9.17, 15) is 0 Å². The van der Waals surface area contributed by atoms with Crippen LogP contribution in [0.15, 0.2) is 17.5 Å². The van der Waals surface area contributed by atoms with E-state index in [1.165, 1.54) is 4.88 Å². The zero-order valence-corrected chi connectivity index (χ0v) is 12.9. The highest BCUT2D eigenvalue weighted by Gasteiger charge is 2.38. The molecule has 3 nitrogen and oxygen atoms in total. The number of ether oxygens (including phenoxy) is 1. The van der Waals surface area contributed by atoms with Gasteiger partial charge in [-0.2, -0.15) is 0 Å². The highest BCUT2D eigenvalue weighted by atomic mass is 32.1. The average Bonchev–Trinajstić information content (AvgIpc) is 2.97. The molecular weight excluding hydrogens is 256 g/mol. The summed E-state index contributed by atoms with van der Waals surface area (Å²) in [5.41, 5.74) is 6.25. The van der Waals surface area contributed by atoms with Gasteiger partial charge in [-0.05, 0) is 44.2 Å². The molecule has 1 aromatic rings. The average molecular weight is 282 g/mol. The molecule has 0 aliphatic carbocycles. The van der Waals surface area contributed by atoms with Gasteiger partial charge in [0.15, 0.2) is 0 Å². The van der Waals surface area contributed by atoms with Crippen LogP contribution in [-0.4, -0.2) is 43.3 Å². The second-order valence-electron chi connectivity index (χ2n) is 5.53. The van der Waals surface area contributed by atoms with Crippen molar-refractivity contribution in [3.05, 3.63) is 22.4 Å². The molecule has 0 saturated carbocycles. The van der Waals surface area contributed by atoms with E-state index < -0.39 is 0 Å². The largest absolute Gasteiger partial charge is 0.378 e. The molecule has 0 bridgehead atoms. The number of hydrogen-bond donors (Lipinski definition) is 1. The third-order valence-electron chi connectivity index (χ3n) is 4.45. The predicted molar refractivity (Wildman–Crippen MR) is 81.7 cm³/mol. The van der Waals surface area contributed by atoms with Crippen molar-refractivity contribution >= 4 is 11.3 Å². The molecule has 0 spiro atoms. The van der Waals surface area contributed by atoms with Crippen molar-refractivity contribution in [2.45, 2.75) is 44.2 Å². The Morgan fingerprint density at radius 2 is 2.42 bits per heavy atom. The molecule has 1 aromatic heterocycles. The minimum atomic E-state index is 0.135. The lowest BCUT2D eigenvalue weighted by molar-refractivity contribution is -0.0645. The van der Waals surface area contributed by atoms with Crippen LogP contribution in [0.1, 0.15) is 31.1 Å². The van der Waals surface area contributed by atoms with Crippen molar-refractivity contribution in [3.63, 3.8) is 0 Å². The molecule has 19 heavy (non-hydrogen) atoms. The summed E-state index contributed by atoms with van der Waals surface area (Å²) in [6, 6.07) is 4.34. The molecule has 1 saturated heterocycles. The van der Waals surface area contributed by atoms with Crippen LogP contribution >= 0.6 is 11.3 Å². The molecule has 1 fully saturated rings. The molecule has 2 unspecified atom stereocenters. The molecule has 108 valence electrons. The SMILES string of the molecule is CCC1CC(CN)(N(C)CCc2cccs2)CCO1. The van der Waals surface area contributed by atoms with Gasteiger partial charge in [0.1, 0.15) is 0 Å². The third-order valence-corrected chi connectivity index (χ3v) is 5.38. The number of likely N-dealkylation sites (N-methyl/N-ethyl adjacent to an activating group) is 1. The quantitative estimate of drug-likeness (QED) is 0.871. The first-order chi connectivity index (χ1) is 9.20. The molecule has 2 rings (SSSR count). The fourth-order valence-corrected chi connectivity index (χ4v) is 3.62. The normalized spacial score (nSPS) is 27.9. The fourth-order valence-electron chi connectivity index (χ4n) is 2.92. The summed E-state index contributed by atoms with van der Waals surface area (Å²) >= 11 is 1.84. The molecule has 0 aromatic carbocycles. The molecule has 1 aliphatic rings. The Hall–Kier alpha value is -0.420. The molecule has 0 amide bonds. The molecular formula is C15H26N2OS. The monoisotopic (exact) mass is 282 g/mol. The number of nitrogens with two attached hydrogens (primary N) is 1. The fraction of sp³-hybridized carbons (Fsp3) is 0.733. The van der Waals surface area contributed by atoms with Gasteiger partial charge >= 0.3 is 0 Å². The third kappa shape index (κ3) is 3.57. The van der Waals surface area contributed by atoms with Crippen LogP contribution in [-0.2, 0) is 11.2 Å². The van der Waals surface area contributed by atoms with Crippen molar-refractivity contribution in [2.75, 3.05) is 26.7 Å². The van der Waals surface area contributed by atoms with Crippen molar-refractivity contribution in [1.82, 2.24) is 4.90 Å². The van der Waals surface area contributed by atoms with Crippen LogP contribution in [0, 0.1) is 0 Å². The second-order valence-corrected chi connectivity index (χ2v) is 6.57. The zero-order chi connectivity index (χ0) is 13.7. The van der Waals surface area contributed by atoms with E-state index in [2.05, 4.69) is 36.4 Å². The predicted octanol–water partition coefficient (Wildman–Crippen LogP) is 2.51. The second kappa shape index (κ2) is 6.84. The van der Waals surface area contributed by atoms with Crippen LogP contribution in [0.4, 0.5) is 0 Å². The van der Waals surface area contributed by atoms with Crippen molar-refractivity contribution in [2.24, 2.45) is 5.73 Å². The van der Waals surface area contributed by atoms with Crippen LogP contribution < -0.4 is 5.73 Å². The lowest BCUT2D eigenvalue weighted by Gasteiger charge is -2.46. The summed E-state index contributed by atoms with van der Waals surface area (Å²) in [6.45, 7) is 4.85. The summed E-state index contributed by atoms with van der Waals surface area (Å²) < 4.78 is 5.80. The van der Waals surface area contributed by atoms with Gasteiger partial charge in [0, 0.05) is 30.1 Å². The Bertz CT molecular complexity index is 368. The van der Waals surface area contributed by atoms with Gasteiger partial charge in [0.05, 0.1) is 6.10 Å². The Labute approximate surface area is 120 Å². The smallest absolute Gasteiger partial charge is 0.0590 e. The van der Waals surface area contributed by atoms with Gasteiger partial charge in [-0.25, -0.2) is 0 Å². The lowest BCUT2D eigenvalue weighted by atomic mass is 9.84. The molecule has 1 aliphatic heterocycles. The summed E-state index contributed by atoms with van der Waals surface area (Å²) in [7, 11) is 2.22. The van der Waals surface area contributed by atoms with E-state index in [-0.39, 0.29) is 5.54 Å². The first-order valence-electron chi connectivity index (χ1n) is 7.25. The Kier molecular flexibility index (Phi) is 5.39. The molecule has 0 radical (unpaired) electrons. The zero-order valence-electron chi connectivity index (χ0n) is 12.1. The number of thiophene rings is 1. The Balaban J connectivity index is 1.95. The summed E-state index contributed by atoms with van der Waals surface area (Å²) in [4.78, 5) is 3.93. The van der Waals surface area contributed by atoms with E-state index in [4.69, 9.17) is 10.5 Å². The van der Waals surface area contributed by atoms with Crippen molar-refractivity contribution in [1.29, 1.82) is 0 Å². The number of hydrogen-bond acceptors (Lipinski definition) is 4. The van der Waals surface area contributed by atoms with Crippen LogP contribution in [0.5, 0.6) is 0 Å². The molecule has 2 atom stereocenters. The lowest BCUT2D eigenvalue weighted by Crippen LogP contribution is -2.57. The number of rotatable bonds is 6. The highest BCUT2D eigenvalue weighted by Crippen LogP contribution is 2.30. The van der Waals surface area contributed by atoms with Gasteiger partial charge in [-0.15, -0.1) is 11.3 Å². The highest BCUT2D eigenvalue weighted by molar-refractivity contribution is 7.09. The van der Waals surface area contributed by atoms with Crippen LogP contribution in [0.3, 0.4) is 0 Å². The minimum Gasteiger partial charge on any atom is -0.378 e. The van der Waals surface area contributed by atoms with Crippen LogP contribution in [0.25, 0.3) is 0 Å².